The lowest BCUT2D eigenvalue weighted by molar-refractivity contribution is -0.0533. The molecule has 0 saturated carbocycles. The summed E-state index contributed by atoms with van der Waals surface area (Å²) < 4.78 is 11.2. The zero-order valence-electron chi connectivity index (χ0n) is 9.70. The van der Waals surface area contributed by atoms with Crippen molar-refractivity contribution in [2.24, 2.45) is 0 Å². The molecule has 1 saturated heterocycles. The number of hydrogen-bond donors (Lipinski definition) is 3. The highest BCUT2D eigenvalue weighted by Crippen LogP contribution is 2.27. The number of methoxy groups -OCH3 is 1. The van der Waals surface area contributed by atoms with Crippen molar-refractivity contribution in [3.63, 3.8) is 0 Å². The lowest BCUT2D eigenvalue weighted by atomic mass is 10.2. The molecular formula is C10H14N2O6. The van der Waals surface area contributed by atoms with E-state index < -0.39 is 29.7 Å². The van der Waals surface area contributed by atoms with Gasteiger partial charge in [0.05, 0.1) is 26.0 Å². The van der Waals surface area contributed by atoms with Gasteiger partial charge in [0.2, 0.25) is 5.75 Å². The van der Waals surface area contributed by atoms with Crippen LogP contribution in [0, 0.1) is 0 Å². The Kier molecular flexibility index (Phi) is 3.50. The molecule has 0 aromatic carbocycles. The van der Waals surface area contributed by atoms with Gasteiger partial charge in [-0.25, -0.2) is 4.79 Å². The number of nitrogens with one attached hydrogen (secondary N) is 1. The second-order valence-corrected chi connectivity index (χ2v) is 4.00. The molecular weight excluding hydrogens is 244 g/mol. The maximum Gasteiger partial charge on any atom is 0.330 e. The molecule has 0 spiro atoms. The minimum absolute atomic E-state index is 0.0575. The first kappa shape index (κ1) is 12.8. The van der Waals surface area contributed by atoms with Crippen LogP contribution in [0.15, 0.2) is 15.8 Å². The van der Waals surface area contributed by atoms with E-state index in [1.54, 1.807) is 0 Å². The molecule has 100 valence electrons. The molecule has 2 unspecified atom stereocenters. The predicted molar refractivity (Wildman–Crippen MR) is 59.5 cm³/mol. The third-order valence-corrected chi connectivity index (χ3v) is 2.80. The number of aliphatic hydroxyl groups is 2. The number of aliphatic hydroxyl groups excluding tert-OH is 2. The molecule has 8 nitrogen and oxygen atoms in total. The van der Waals surface area contributed by atoms with Crippen LogP contribution in [0.2, 0.25) is 0 Å². The van der Waals surface area contributed by atoms with E-state index in [1.165, 1.54) is 13.3 Å². The Balaban J connectivity index is 2.39. The van der Waals surface area contributed by atoms with E-state index in [2.05, 4.69) is 4.98 Å². The van der Waals surface area contributed by atoms with Crippen molar-refractivity contribution in [2.75, 3.05) is 13.7 Å². The molecule has 1 aromatic heterocycles. The lowest BCUT2D eigenvalue weighted by Gasteiger charge is -2.17. The van der Waals surface area contributed by atoms with Crippen LogP contribution in [0.4, 0.5) is 0 Å². The number of nitrogens with zero attached hydrogens (tertiary/aromatic N) is 1. The Morgan fingerprint density at radius 3 is 2.89 bits per heavy atom. The Morgan fingerprint density at radius 1 is 1.61 bits per heavy atom. The highest BCUT2D eigenvalue weighted by atomic mass is 16.5. The first-order valence-electron chi connectivity index (χ1n) is 5.40. The second kappa shape index (κ2) is 4.92. The average Bonchev–Trinajstić information content (AvgIpc) is 2.71. The number of hydrogen-bond acceptors (Lipinski definition) is 6. The molecule has 18 heavy (non-hydrogen) atoms. The number of ether oxygens (including phenoxy) is 2. The highest BCUT2D eigenvalue weighted by Gasteiger charge is 2.35. The Bertz CT molecular complexity index is 536. The molecule has 1 aliphatic heterocycles. The quantitative estimate of drug-likeness (QED) is 0.588. The van der Waals surface area contributed by atoms with E-state index in [9.17, 15) is 14.7 Å². The van der Waals surface area contributed by atoms with Crippen molar-refractivity contribution in [3.05, 3.63) is 27.0 Å². The van der Waals surface area contributed by atoms with E-state index in [1.807, 2.05) is 0 Å². The number of rotatable bonds is 3. The molecule has 3 atom stereocenters. The number of H-pyrrole nitrogens is 1. The van der Waals surface area contributed by atoms with Crippen molar-refractivity contribution in [1.82, 2.24) is 9.55 Å². The molecule has 1 aliphatic rings. The summed E-state index contributed by atoms with van der Waals surface area (Å²) in [5.41, 5.74) is -1.35. The van der Waals surface area contributed by atoms with Gasteiger partial charge in [-0.1, -0.05) is 0 Å². The van der Waals surface area contributed by atoms with Gasteiger partial charge in [-0.2, -0.15) is 0 Å². The van der Waals surface area contributed by atoms with Crippen LogP contribution < -0.4 is 16.0 Å². The smallest absolute Gasteiger partial charge is 0.330 e. The maximum absolute atomic E-state index is 11.6. The highest BCUT2D eigenvalue weighted by molar-refractivity contribution is 5.12. The summed E-state index contributed by atoms with van der Waals surface area (Å²) in [7, 11) is 1.29. The number of aromatic amines is 1. The summed E-state index contributed by atoms with van der Waals surface area (Å²) in [5, 5.41) is 18.7. The third-order valence-electron chi connectivity index (χ3n) is 2.80. The van der Waals surface area contributed by atoms with Crippen molar-refractivity contribution >= 4 is 0 Å². The van der Waals surface area contributed by atoms with Gasteiger partial charge in [-0.05, 0) is 0 Å². The third kappa shape index (κ3) is 2.17. The lowest BCUT2D eigenvalue weighted by Crippen LogP contribution is -2.35. The standard InChI is InChI=1S/C10H14N2O6/c1-17-7-3-12(10(16)11-8(7)15)9-6(14)2-5(4-13)18-9/h3,5-6,9,13-14H,2,4H2,1H3,(H,11,15,16)/t5-,6?,9?/m0/s1. The molecule has 0 amide bonds. The van der Waals surface area contributed by atoms with Crippen LogP contribution in [0.25, 0.3) is 0 Å². The minimum Gasteiger partial charge on any atom is -0.490 e. The summed E-state index contributed by atoms with van der Waals surface area (Å²) in [5.74, 6) is -0.0575. The molecule has 1 fully saturated rings. The largest absolute Gasteiger partial charge is 0.490 e. The van der Waals surface area contributed by atoms with Gasteiger partial charge in [-0.15, -0.1) is 0 Å². The molecule has 0 radical (unpaired) electrons. The summed E-state index contributed by atoms with van der Waals surface area (Å²) in [6.07, 6.45) is -1.02. The van der Waals surface area contributed by atoms with Gasteiger partial charge in [0, 0.05) is 6.42 Å². The fraction of sp³-hybridized carbons (Fsp3) is 0.600. The summed E-state index contributed by atoms with van der Waals surface area (Å²) >= 11 is 0. The maximum atomic E-state index is 11.6. The van der Waals surface area contributed by atoms with Crippen LogP contribution in [0.1, 0.15) is 12.6 Å². The minimum atomic E-state index is -0.944. The van der Waals surface area contributed by atoms with Gasteiger partial charge < -0.3 is 19.7 Å². The van der Waals surface area contributed by atoms with Gasteiger partial charge >= 0.3 is 5.69 Å². The van der Waals surface area contributed by atoms with E-state index in [0.717, 1.165) is 4.57 Å². The summed E-state index contributed by atoms with van der Waals surface area (Å²) in [6.45, 7) is -0.247. The number of aromatic nitrogens is 2. The van der Waals surface area contributed by atoms with E-state index in [-0.39, 0.29) is 18.8 Å². The molecule has 2 heterocycles. The van der Waals surface area contributed by atoms with Crippen LogP contribution in [-0.4, -0.2) is 45.7 Å². The predicted octanol–water partition coefficient (Wildman–Crippen LogP) is -1.81. The van der Waals surface area contributed by atoms with E-state index in [0.29, 0.717) is 0 Å². The summed E-state index contributed by atoms with van der Waals surface area (Å²) in [4.78, 5) is 25.0. The van der Waals surface area contributed by atoms with Gasteiger partial charge in [0.1, 0.15) is 6.10 Å². The Hall–Kier alpha value is -1.64. The van der Waals surface area contributed by atoms with Gasteiger partial charge in [0.15, 0.2) is 6.23 Å². The SMILES string of the molecule is COc1cn(C2O[C@H](CO)CC2O)c(=O)[nH]c1=O. The van der Waals surface area contributed by atoms with Crippen LogP contribution in [0.5, 0.6) is 5.75 Å². The fourth-order valence-electron chi connectivity index (χ4n) is 1.90. The Morgan fingerprint density at radius 2 is 2.33 bits per heavy atom. The first-order valence-corrected chi connectivity index (χ1v) is 5.40. The second-order valence-electron chi connectivity index (χ2n) is 4.00. The van der Waals surface area contributed by atoms with Crippen molar-refractivity contribution < 1.29 is 19.7 Å². The molecule has 8 heteroatoms. The Labute approximate surface area is 101 Å². The van der Waals surface area contributed by atoms with E-state index in [4.69, 9.17) is 14.6 Å². The summed E-state index contributed by atoms with van der Waals surface area (Å²) in [6, 6.07) is 0. The molecule has 2 rings (SSSR count). The van der Waals surface area contributed by atoms with Crippen LogP contribution in [-0.2, 0) is 4.74 Å². The zero-order chi connectivity index (χ0) is 13.3. The monoisotopic (exact) mass is 258 g/mol. The van der Waals surface area contributed by atoms with Crippen molar-refractivity contribution in [3.8, 4) is 5.75 Å². The molecule has 3 N–H and O–H groups in total. The van der Waals surface area contributed by atoms with Crippen LogP contribution >= 0.6 is 0 Å². The normalized spacial score (nSPS) is 27.4. The molecule has 0 aliphatic carbocycles. The van der Waals surface area contributed by atoms with Gasteiger partial charge in [0.25, 0.3) is 5.56 Å². The van der Waals surface area contributed by atoms with E-state index >= 15 is 0 Å². The fourth-order valence-corrected chi connectivity index (χ4v) is 1.90. The van der Waals surface area contributed by atoms with Crippen molar-refractivity contribution in [1.29, 1.82) is 0 Å². The first-order chi connectivity index (χ1) is 8.56. The molecule has 1 aromatic rings. The van der Waals surface area contributed by atoms with Gasteiger partial charge in [-0.3, -0.25) is 14.3 Å². The average molecular weight is 258 g/mol. The van der Waals surface area contributed by atoms with Crippen LogP contribution in [0.3, 0.4) is 0 Å². The molecule has 0 bridgehead atoms. The van der Waals surface area contributed by atoms with Crippen molar-refractivity contribution in [2.45, 2.75) is 24.9 Å². The topological polar surface area (TPSA) is 114 Å². The zero-order valence-corrected chi connectivity index (χ0v) is 9.70.